The number of rotatable bonds is 8. The van der Waals surface area contributed by atoms with Crippen LogP contribution in [0.4, 0.5) is 0 Å². The van der Waals surface area contributed by atoms with Crippen LogP contribution >= 0.6 is 0 Å². The van der Waals surface area contributed by atoms with Crippen molar-refractivity contribution >= 4 is 0 Å². The van der Waals surface area contributed by atoms with E-state index in [0.29, 0.717) is 6.54 Å². The van der Waals surface area contributed by atoms with Crippen molar-refractivity contribution in [2.24, 2.45) is 0 Å². The molecule has 2 N–H and O–H groups in total. The Bertz CT molecular complexity index is 525. The molecule has 0 aliphatic rings. The minimum absolute atomic E-state index is 0.241. The Balaban J connectivity index is 1.66. The van der Waals surface area contributed by atoms with Crippen molar-refractivity contribution in [1.82, 2.24) is 5.32 Å². The van der Waals surface area contributed by atoms with E-state index in [9.17, 15) is 5.11 Å². The fourth-order valence-corrected chi connectivity index (χ4v) is 2.10. The highest BCUT2D eigenvalue weighted by Gasteiger charge is 2.09. The van der Waals surface area contributed by atoms with Gasteiger partial charge in [0.15, 0.2) is 0 Å². The van der Waals surface area contributed by atoms with Crippen LogP contribution in [0.3, 0.4) is 0 Å². The summed E-state index contributed by atoms with van der Waals surface area (Å²) in [5.41, 5.74) is 1.15. The monoisotopic (exact) mass is 289 g/mol. The molecule has 0 saturated carbocycles. The highest BCUT2D eigenvalue weighted by atomic mass is 16.5. The molecular weight excluding hydrogens is 266 g/mol. The Morgan fingerprint density at radius 1 is 1.29 bits per heavy atom. The molecule has 2 atom stereocenters. The first-order chi connectivity index (χ1) is 10.1. The lowest BCUT2D eigenvalue weighted by molar-refractivity contribution is 0.104. The molecule has 114 valence electrons. The zero-order valence-corrected chi connectivity index (χ0v) is 12.6. The van der Waals surface area contributed by atoms with Crippen molar-refractivity contribution in [3.8, 4) is 5.75 Å². The van der Waals surface area contributed by atoms with E-state index in [4.69, 9.17) is 9.15 Å². The molecule has 0 fully saturated rings. The van der Waals surface area contributed by atoms with Crippen LogP contribution in [0.15, 0.2) is 47.1 Å². The van der Waals surface area contributed by atoms with Gasteiger partial charge in [-0.25, -0.2) is 0 Å². The number of ether oxygens (including phenoxy) is 1. The Kier molecular flexibility index (Phi) is 5.84. The number of aryl methyl sites for hydroxylation is 1. The Hall–Kier alpha value is -1.78. The third-order valence-electron chi connectivity index (χ3n) is 3.22. The van der Waals surface area contributed by atoms with Crippen molar-refractivity contribution in [3.05, 3.63) is 54.0 Å². The lowest BCUT2D eigenvalue weighted by atomic mass is 10.2. The summed E-state index contributed by atoms with van der Waals surface area (Å²) >= 11 is 0. The van der Waals surface area contributed by atoms with Crippen molar-refractivity contribution in [2.45, 2.75) is 32.4 Å². The number of furan rings is 1. The second-order valence-corrected chi connectivity index (χ2v) is 5.37. The molecule has 1 aromatic carbocycles. The van der Waals surface area contributed by atoms with Crippen LogP contribution in [0.1, 0.15) is 18.2 Å². The van der Waals surface area contributed by atoms with Crippen molar-refractivity contribution in [2.75, 3.05) is 13.2 Å². The van der Waals surface area contributed by atoms with Crippen molar-refractivity contribution in [1.29, 1.82) is 0 Å². The summed E-state index contributed by atoms with van der Waals surface area (Å²) in [6.07, 6.45) is 1.94. The first-order valence-electron chi connectivity index (χ1n) is 7.27. The van der Waals surface area contributed by atoms with Gasteiger partial charge in [0.05, 0.1) is 6.26 Å². The third kappa shape index (κ3) is 5.61. The summed E-state index contributed by atoms with van der Waals surface area (Å²) in [5.74, 6) is 1.73. The van der Waals surface area contributed by atoms with Crippen LogP contribution in [0.5, 0.6) is 5.75 Å². The maximum atomic E-state index is 9.94. The molecule has 1 heterocycles. The topological polar surface area (TPSA) is 54.6 Å². The molecule has 21 heavy (non-hydrogen) atoms. The fraction of sp³-hybridized carbons (Fsp3) is 0.412. The minimum Gasteiger partial charge on any atom is -0.491 e. The van der Waals surface area contributed by atoms with Crippen LogP contribution in [0, 0.1) is 6.92 Å². The molecule has 0 bridgehead atoms. The Morgan fingerprint density at radius 2 is 2.14 bits per heavy atom. The van der Waals surface area contributed by atoms with Crippen LogP contribution in [0.2, 0.25) is 0 Å². The maximum Gasteiger partial charge on any atom is 0.119 e. The number of hydrogen-bond donors (Lipinski definition) is 2. The molecule has 2 rings (SSSR count). The second kappa shape index (κ2) is 7.86. The van der Waals surface area contributed by atoms with Gasteiger partial charge in [-0.05, 0) is 43.7 Å². The minimum atomic E-state index is -0.537. The van der Waals surface area contributed by atoms with Gasteiger partial charge in [0.1, 0.15) is 24.2 Å². The number of aliphatic hydroxyl groups is 1. The zero-order valence-electron chi connectivity index (χ0n) is 12.6. The van der Waals surface area contributed by atoms with Crippen molar-refractivity contribution < 1.29 is 14.3 Å². The molecule has 4 heteroatoms. The van der Waals surface area contributed by atoms with Gasteiger partial charge in [-0.15, -0.1) is 0 Å². The predicted molar refractivity (Wildman–Crippen MR) is 82.6 cm³/mol. The van der Waals surface area contributed by atoms with Gasteiger partial charge >= 0.3 is 0 Å². The van der Waals surface area contributed by atoms with Gasteiger partial charge in [-0.3, -0.25) is 0 Å². The number of nitrogens with one attached hydrogen (secondary N) is 1. The quantitative estimate of drug-likeness (QED) is 0.784. The normalized spacial score (nSPS) is 13.9. The summed E-state index contributed by atoms with van der Waals surface area (Å²) in [4.78, 5) is 0. The molecule has 0 aliphatic carbocycles. The van der Waals surface area contributed by atoms with E-state index in [1.165, 1.54) is 0 Å². The number of hydrogen-bond acceptors (Lipinski definition) is 4. The fourth-order valence-electron chi connectivity index (χ4n) is 2.10. The summed E-state index contributed by atoms with van der Waals surface area (Å²) in [5, 5.41) is 13.2. The van der Waals surface area contributed by atoms with Crippen LogP contribution in [-0.2, 0) is 6.42 Å². The summed E-state index contributed by atoms with van der Waals surface area (Å²) in [6, 6.07) is 11.9. The van der Waals surface area contributed by atoms with E-state index in [1.807, 2.05) is 43.3 Å². The molecular formula is C17H23NO3. The second-order valence-electron chi connectivity index (χ2n) is 5.37. The highest BCUT2D eigenvalue weighted by molar-refractivity contribution is 5.27. The van der Waals surface area contributed by atoms with E-state index >= 15 is 0 Å². The average molecular weight is 289 g/mol. The van der Waals surface area contributed by atoms with Crippen molar-refractivity contribution in [3.63, 3.8) is 0 Å². The number of benzene rings is 1. The Morgan fingerprint density at radius 3 is 2.86 bits per heavy atom. The molecule has 2 unspecified atom stereocenters. The predicted octanol–water partition coefficient (Wildman–Crippen LogP) is 2.55. The average Bonchev–Trinajstić information content (AvgIpc) is 2.96. The van der Waals surface area contributed by atoms with Gasteiger partial charge in [0.2, 0.25) is 0 Å². The molecule has 0 saturated heterocycles. The molecule has 0 spiro atoms. The molecule has 0 radical (unpaired) electrons. The molecule has 4 nitrogen and oxygen atoms in total. The van der Waals surface area contributed by atoms with Crippen LogP contribution in [0.25, 0.3) is 0 Å². The van der Waals surface area contributed by atoms with E-state index < -0.39 is 6.10 Å². The zero-order chi connectivity index (χ0) is 15.1. The lowest BCUT2D eigenvalue weighted by Crippen LogP contribution is -2.37. The highest BCUT2D eigenvalue weighted by Crippen LogP contribution is 2.12. The van der Waals surface area contributed by atoms with Gasteiger partial charge < -0.3 is 19.6 Å². The molecule has 1 aromatic heterocycles. The lowest BCUT2D eigenvalue weighted by Gasteiger charge is -2.17. The summed E-state index contributed by atoms with van der Waals surface area (Å²) in [7, 11) is 0. The van der Waals surface area contributed by atoms with E-state index in [-0.39, 0.29) is 12.6 Å². The van der Waals surface area contributed by atoms with E-state index in [2.05, 4.69) is 12.2 Å². The smallest absolute Gasteiger partial charge is 0.119 e. The first-order valence-corrected chi connectivity index (χ1v) is 7.27. The molecule has 0 amide bonds. The number of aliphatic hydroxyl groups excluding tert-OH is 1. The van der Waals surface area contributed by atoms with Crippen LogP contribution in [-0.4, -0.2) is 30.4 Å². The third-order valence-corrected chi connectivity index (χ3v) is 3.22. The summed E-state index contributed by atoms with van der Waals surface area (Å²) < 4.78 is 10.9. The molecule has 0 aliphatic heterocycles. The SMILES string of the molecule is Cc1cccc(OCC(O)CNC(C)Cc2ccco2)c1. The summed E-state index contributed by atoms with van der Waals surface area (Å²) in [6.45, 7) is 4.86. The molecule has 2 aromatic rings. The standard InChI is InChI=1S/C17H23NO3/c1-13-5-3-6-16(9-13)21-12-15(19)11-18-14(2)10-17-7-4-8-20-17/h3-9,14-15,18-19H,10-12H2,1-2H3. The van der Waals surface area contributed by atoms with Crippen LogP contribution < -0.4 is 10.1 Å². The van der Waals surface area contributed by atoms with Gasteiger partial charge in [0.25, 0.3) is 0 Å². The van der Waals surface area contributed by atoms with Gasteiger partial charge in [0, 0.05) is 19.0 Å². The van der Waals surface area contributed by atoms with E-state index in [1.54, 1.807) is 6.26 Å². The maximum absolute atomic E-state index is 9.94. The van der Waals surface area contributed by atoms with Gasteiger partial charge in [-0.2, -0.15) is 0 Å². The first kappa shape index (κ1) is 15.6. The largest absolute Gasteiger partial charge is 0.491 e. The Labute approximate surface area is 125 Å². The van der Waals surface area contributed by atoms with Gasteiger partial charge in [-0.1, -0.05) is 12.1 Å². The van der Waals surface area contributed by atoms with E-state index in [0.717, 1.165) is 23.5 Å².